The van der Waals surface area contributed by atoms with E-state index in [2.05, 4.69) is 13.2 Å². The molecule has 0 saturated heterocycles. The number of rotatable bonds is 8. The lowest BCUT2D eigenvalue weighted by molar-refractivity contribution is -0.121. The van der Waals surface area contributed by atoms with Crippen LogP contribution in [0.5, 0.6) is 0 Å². The van der Waals surface area contributed by atoms with Crippen LogP contribution in [0, 0.1) is 5.92 Å². The van der Waals surface area contributed by atoms with Crippen LogP contribution in [-0.2, 0) is 20.5 Å². The second-order valence-corrected chi connectivity index (χ2v) is 6.53. The fourth-order valence-electron chi connectivity index (χ4n) is 1.46. The molecule has 0 aliphatic heterocycles. The molecule has 0 amide bonds. The van der Waals surface area contributed by atoms with Crippen LogP contribution in [0.1, 0.15) is 40.0 Å². The molecule has 0 aliphatic carbocycles. The fraction of sp³-hybridized carbons (Fsp3) is 0.833. The third-order valence-electron chi connectivity index (χ3n) is 2.69. The molecule has 0 aromatic rings. The van der Waals surface area contributed by atoms with Gasteiger partial charge in [0.2, 0.25) is 0 Å². The van der Waals surface area contributed by atoms with Gasteiger partial charge in [-0.05, 0) is 31.2 Å². The van der Waals surface area contributed by atoms with Crippen LogP contribution in [-0.4, -0.2) is 29.3 Å². The largest absolute Gasteiger partial charge is 0.300 e. The molecule has 2 nitrogen and oxygen atoms in total. The summed E-state index contributed by atoms with van der Waals surface area (Å²) in [6.45, 7) is 5.38. The smallest absolute Gasteiger partial charge is 0.134 e. The SMILES string of the molecule is CC[C@@H](CC[S+](C)CCC(C)=O)C(C)=O. The van der Waals surface area contributed by atoms with E-state index in [1.54, 1.807) is 13.8 Å². The summed E-state index contributed by atoms with van der Waals surface area (Å²) in [4.78, 5) is 22.0. The van der Waals surface area contributed by atoms with Gasteiger partial charge in [0.25, 0.3) is 0 Å². The molecule has 0 radical (unpaired) electrons. The van der Waals surface area contributed by atoms with Gasteiger partial charge in [-0.2, -0.15) is 0 Å². The van der Waals surface area contributed by atoms with Crippen molar-refractivity contribution in [2.75, 3.05) is 17.8 Å². The minimum Gasteiger partial charge on any atom is -0.300 e. The van der Waals surface area contributed by atoms with Gasteiger partial charge in [0.1, 0.15) is 23.1 Å². The Morgan fingerprint density at radius 3 is 2.20 bits per heavy atom. The number of ketones is 2. The van der Waals surface area contributed by atoms with Gasteiger partial charge in [-0.1, -0.05) is 6.92 Å². The Bertz CT molecular complexity index is 214. The number of carbonyl (C=O) groups is 2. The summed E-state index contributed by atoms with van der Waals surface area (Å²) >= 11 is 0. The van der Waals surface area contributed by atoms with Gasteiger partial charge in [0.15, 0.2) is 0 Å². The molecular formula is C12H23O2S+. The molecule has 0 N–H and O–H groups in total. The molecule has 0 aliphatic rings. The van der Waals surface area contributed by atoms with Crippen LogP contribution < -0.4 is 0 Å². The van der Waals surface area contributed by atoms with Crippen LogP contribution >= 0.6 is 0 Å². The maximum absolute atomic E-state index is 11.2. The molecule has 88 valence electrons. The van der Waals surface area contributed by atoms with Crippen LogP contribution in [0.15, 0.2) is 0 Å². The van der Waals surface area contributed by atoms with Crippen molar-refractivity contribution in [3.63, 3.8) is 0 Å². The Balaban J connectivity index is 3.73. The highest BCUT2D eigenvalue weighted by molar-refractivity contribution is 7.96. The summed E-state index contributed by atoms with van der Waals surface area (Å²) in [5.74, 6) is 2.89. The number of Topliss-reactive ketones (excluding diaryl/α,β-unsaturated/α-hetero) is 2. The van der Waals surface area contributed by atoms with Crippen LogP contribution in [0.2, 0.25) is 0 Å². The molecule has 0 aromatic carbocycles. The molecular weight excluding hydrogens is 208 g/mol. The maximum atomic E-state index is 11.2. The summed E-state index contributed by atoms with van der Waals surface area (Å²) in [6, 6.07) is 0. The Hall–Kier alpha value is -0.310. The summed E-state index contributed by atoms with van der Waals surface area (Å²) in [7, 11) is 0.298. The molecule has 1 unspecified atom stereocenters. The highest BCUT2D eigenvalue weighted by Crippen LogP contribution is 2.12. The van der Waals surface area contributed by atoms with Gasteiger partial charge in [0.05, 0.1) is 12.7 Å². The van der Waals surface area contributed by atoms with Crippen molar-refractivity contribution in [2.45, 2.75) is 40.0 Å². The summed E-state index contributed by atoms with van der Waals surface area (Å²) < 4.78 is 0. The number of hydrogen-bond acceptors (Lipinski definition) is 2. The van der Waals surface area contributed by atoms with Crippen molar-refractivity contribution in [1.82, 2.24) is 0 Å². The first-order valence-corrected chi connectivity index (χ1v) is 7.53. The van der Waals surface area contributed by atoms with Crippen molar-refractivity contribution >= 4 is 22.5 Å². The Morgan fingerprint density at radius 2 is 1.80 bits per heavy atom. The molecule has 0 rings (SSSR count). The highest BCUT2D eigenvalue weighted by atomic mass is 32.2. The monoisotopic (exact) mass is 231 g/mol. The van der Waals surface area contributed by atoms with Gasteiger partial charge in [-0.25, -0.2) is 0 Å². The van der Waals surface area contributed by atoms with Crippen molar-refractivity contribution in [3.8, 4) is 0 Å². The first-order chi connectivity index (χ1) is 6.97. The molecule has 0 fully saturated rings. The second kappa shape index (κ2) is 7.91. The molecule has 2 atom stereocenters. The van der Waals surface area contributed by atoms with Crippen molar-refractivity contribution in [2.24, 2.45) is 5.92 Å². The predicted molar refractivity (Wildman–Crippen MR) is 67.4 cm³/mol. The first kappa shape index (κ1) is 14.7. The summed E-state index contributed by atoms with van der Waals surface area (Å²) in [5.41, 5.74) is 0. The standard InChI is InChI=1S/C12H23O2S/c1-5-12(11(3)14)7-9-15(4)8-6-10(2)13/h12H,5-9H2,1-4H3/q+1/t12-,15?/m0/s1. The highest BCUT2D eigenvalue weighted by Gasteiger charge is 2.18. The number of carbonyl (C=O) groups excluding carboxylic acids is 2. The molecule has 0 bridgehead atoms. The average Bonchev–Trinajstić information content (AvgIpc) is 2.15. The fourth-order valence-corrected chi connectivity index (χ4v) is 2.99. The van der Waals surface area contributed by atoms with E-state index in [1.807, 2.05) is 0 Å². The molecule has 0 heterocycles. The topological polar surface area (TPSA) is 34.1 Å². The van der Waals surface area contributed by atoms with Crippen molar-refractivity contribution in [3.05, 3.63) is 0 Å². The number of hydrogen-bond donors (Lipinski definition) is 0. The quantitative estimate of drug-likeness (QED) is 0.600. The van der Waals surface area contributed by atoms with E-state index in [1.165, 1.54) is 0 Å². The van der Waals surface area contributed by atoms with E-state index in [9.17, 15) is 9.59 Å². The minimum absolute atomic E-state index is 0.234. The Morgan fingerprint density at radius 1 is 1.20 bits per heavy atom. The van der Waals surface area contributed by atoms with E-state index < -0.39 is 0 Å². The molecule has 0 spiro atoms. The van der Waals surface area contributed by atoms with Gasteiger partial charge in [-0.15, -0.1) is 0 Å². The first-order valence-electron chi connectivity index (χ1n) is 5.56. The van der Waals surface area contributed by atoms with E-state index in [-0.39, 0.29) is 11.7 Å². The van der Waals surface area contributed by atoms with Gasteiger partial charge in [-0.3, -0.25) is 9.59 Å². The Kier molecular flexibility index (Phi) is 7.75. The summed E-state index contributed by atoms with van der Waals surface area (Å²) in [6.07, 6.45) is 4.81. The van der Waals surface area contributed by atoms with E-state index in [0.717, 1.165) is 24.3 Å². The molecule has 0 aromatic heterocycles. The molecule has 3 heteroatoms. The van der Waals surface area contributed by atoms with Gasteiger partial charge >= 0.3 is 0 Å². The van der Waals surface area contributed by atoms with E-state index in [0.29, 0.717) is 23.1 Å². The van der Waals surface area contributed by atoms with Crippen molar-refractivity contribution < 1.29 is 9.59 Å². The third-order valence-corrected chi connectivity index (χ3v) is 4.52. The average molecular weight is 231 g/mol. The van der Waals surface area contributed by atoms with Crippen LogP contribution in [0.3, 0.4) is 0 Å². The Labute approximate surface area is 96.2 Å². The third kappa shape index (κ3) is 7.60. The lowest BCUT2D eigenvalue weighted by Crippen LogP contribution is -2.18. The lowest BCUT2D eigenvalue weighted by atomic mass is 10.00. The van der Waals surface area contributed by atoms with E-state index in [4.69, 9.17) is 0 Å². The molecule has 0 saturated carbocycles. The summed E-state index contributed by atoms with van der Waals surface area (Å²) in [5, 5.41) is 0. The zero-order valence-corrected chi connectivity index (χ0v) is 11.2. The van der Waals surface area contributed by atoms with Crippen LogP contribution in [0.25, 0.3) is 0 Å². The van der Waals surface area contributed by atoms with Crippen LogP contribution in [0.4, 0.5) is 0 Å². The second-order valence-electron chi connectivity index (χ2n) is 4.15. The van der Waals surface area contributed by atoms with E-state index >= 15 is 0 Å². The van der Waals surface area contributed by atoms with Crippen molar-refractivity contribution in [1.29, 1.82) is 0 Å². The zero-order valence-electron chi connectivity index (χ0n) is 10.3. The predicted octanol–water partition coefficient (Wildman–Crippen LogP) is 2.22. The lowest BCUT2D eigenvalue weighted by Gasteiger charge is -2.10. The maximum Gasteiger partial charge on any atom is 0.134 e. The van der Waals surface area contributed by atoms with Gasteiger partial charge < -0.3 is 0 Å². The van der Waals surface area contributed by atoms with Gasteiger partial charge in [0, 0.05) is 12.3 Å². The molecule has 15 heavy (non-hydrogen) atoms. The zero-order chi connectivity index (χ0) is 11.8. The minimum atomic E-state index is 0.234. The normalized spacial score (nSPS) is 14.7.